The van der Waals surface area contributed by atoms with Crippen molar-refractivity contribution in [3.8, 4) is 11.3 Å². The van der Waals surface area contributed by atoms with Gasteiger partial charge in [0.05, 0.1) is 16.6 Å². The maximum Gasteiger partial charge on any atom is 0.263 e. The van der Waals surface area contributed by atoms with Crippen LogP contribution < -0.4 is 5.56 Å². The van der Waals surface area contributed by atoms with Gasteiger partial charge in [0.1, 0.15) is 0 Å². The summed E-state index contributed by atoms with van der Waals surface area (Å²) in [5.41, 5.74) is 2.45. The standard InChI is InChI=1S/C22H17N5O2S/c1-2-12-26-20(28)17-10-6-7-11-18(17)27-21(26)23-24-22(27)30-14-16-13-19(29-25-16)15-8-4-3-5-9-15/h2-11,13H,1,12,14H2. The van der Waals surface area contributed by atoms with Crippen molar-refractivity contribution >= 4 is 28.4 Å². The van der Waals surface area contributed by atoms with Crippen LogP contribution in [0.4, 0.5) is 0 Å². The van der Waals surface area contributed by atoms with Crippen LogP contribution in [0.15, 0.2) is 87.8 Å². The van der Waals surface area contributed by atoms with Gasteiger partial charge in [-0.25, -0.2) is 0 Å². The Kier molecular flexibility index (Phi) is 4.68. The molecule has 0 saturated carbocycles. The Labute approximate surface area is 175 Å². The van der Waals surface area contributed by atoms with Crippen molar-refractivity contribution < 1.29 is 4.52 Å². The van der Waals surface area contributed by atoms with E-state index in [-0.39, 0.29) is 5.56 Å². The van der Waals surface area contributed by atoms with Gasteiger partial charge in [-0.15, -0.1) is 16.8 Å². The number of rotatable bonds is 6. The molecular formula is C22H17N5O2S. The van der Waals surface area contributed by atoms with E-state index in [4.69, 9.17) is 4.52 Å². The first-order valence-corrected chi connectivity index (χ1v) is 10.4. The number of thioether (sulfide) groups is 1. The molecule has 8 heteroatoms. The molecule has 0 unspecified atom stereocenters. The largest absolute Gasteiger partial charge is 0.356 e. The molecule has 3 aromatic heterocycles. The van der Waals surface area contributed by atoms with Crippen molar-refractivity contribution in [3.63, 3.8) is 0 Å². The summed E-state index contributed by atoms with van der Waals surface area (Å²) in [4.78, 5) is 12.9. The minimum Gasteiger partial charge on any atom is -0.356 e. The number of para-hydroxylation sites is 1. The lowest BCUT2D eigenvalue weighted by Gasteiger charge is -2.09. The highest BCUT2D eigenvalue weighted by Crippen LogP contribution is 2.26. The summed E-state index contributed by atoms with van der Waals surface area (Å²) in [6.45, 7) is 4.11. The van der Waals surface area contributed by atoms with Crippen molar-refractivity contribution in [2.45, 2.75) is 17.5 Å². The van der Waals surface area contributed by atoms with Gasteiger partial charge in [0.25, 0.3) is 5.56 Å². The zero-order valence-corrected chi connectivity index (χ0v) is 16.7. The van der Waals surface area contributed by atoms with Crippen LogP contribution in [0, 0.1) is 0 Å². The highest BCUT2D eigenvalue weighted by atomic mass is 32.2. The Bertz CT molecular complexity index is 1420. The third-order valence-electron chi connectivity index (χ3n) is 4.76. The molecule has 0 atom stereocenters. The van der Waals surface area contributed by atoms with Gasteiger partial charge in [0.15, 0.2) is 10.9 Å². The predicted octanol–water partition coefficient (Wildman–Crippen LogP) is 4.18. The molecule has 5 aromatic rings. The van der Waals surface area contributed by atoms with E-state index in [0.29, 0.717) is 28.6 Å². The highest BCUT2D eigenvalue weighted by molar-refractivity contribution is 7.98. The lowest BCUT2D eigenvalue weighted by atomic mass is 10.2. The molecule has 0 saturated heterocycles. The summed E-state index contributed by atoms with van der Waals surface area (Å²) >= 11 is 1.49. The van der Waals surface area contributed by atoms with E-state index in [2.05, 4.69) is 21.9 Å². The molecule has 2 aromatic carbocycles. The molecule has 148 valence electrons. The van der Waals surface area contributed by atoms with Crippen LogP contribution in [0.25, 0.3) is 28.0 Å². The first-order chi connectivity index (χ1) is 14.8. The second kappa shape index (κ2) is 7.64. The van der Waals surface area contributed by atoms with Gasteiger partial charge in [-0.2, -0.15) is 0 Å². The van der Waals surface area contributed by atoms with Crippen LogP contribution in [0.5, 0.6) is 0 Å². The Balaban J connectivity index is 1.52. The molecule has 0 amide bonds. The molecule has 0 N–H and O–H groups in total. The average Bonchev–Trinajstić information content (AvgIpc) is 3.43. The minimum absolute atomic E-state index is 0.106. The van der Waals surface area contributed by atoms with E-state index in [9.17, 15) is 4.79 Å². The molecular weight excluding hydrogens is 398 g/mol. The fourth-order valence-electron chi connectivity index (χ4n) is 3.38. The van der Waals surface area contributed by atoms with Crippen LogP contribution in [-0.4, -0.2) is 24.3 Å². The van der Waals surface area contributed by atoms with Crippen LogP contribution >= 0.6 is 11.8 Å². The fourth-order valence-corrected chi connectivity index (χ4v) is 4.20. The molecule has 0 aliphatic rings. The van der Waals surface area contributed by atoms with Crippen molar-refractivity contribution in [1.29, 1.82) is 0 Å². The van der Waals surface area contributed by atoms with Crippen molar-refractivity contribution in [2.24, 2.45) is 0 Å². The van der Waals surface area contributed by atoms with Crippen LogP contribution in [0.3, 0.4) is 0 Å². The van der Waals surface area contributed by atoms with E-state index in [1.54, 1.807) is 10.6 Å². The van der Waals surface area contributed by atoms with Gasteiger partial charge < -0.3 is 4.52 Å². The number of fused-ring (bicyclic) bond motifs is 3. The summed E-state index contributed by atoms with van der Waals surface area (Å²) in [7, 11) is 0. The monoisotopic (exact) mass is 415 g/mol. The lowest BCUT2D eigenvalue weighted by molar-refractivity contribution is 0.426. The number of hydrogen-bond donors (Lipinski definition) is 0. The van der Waals surface area contributed by atoms with Gasteiger partial charge >= 0.3 is 0 Å². The van der Waals surface area contributed by atoms with Gasteiger partial charge in [0, 0.05) is 23.9 Å². The zero-order valence-electron chi connectivity index (χ0n) is 15.9. The number of aromatic nitrogens is 5. The summed E-state index contributed by atoms with van der Waals surface area (Å²) < 4.78 is 8.97. The maximum atomic E-state index is 12.9. The van der Waals surface area contributed by atoms with Crippen molar-refractivity contribution in [3.05, 3.63) is 89.4 Å². The Morgan fingerprint density at radius 3 is 2.70 bits per heavy atom. The van der Waals surface area contributed by atoms with Gasteiger partial charge in [-0.3, -0.25) is 13.8 Å². The molecule has 0 bridgehead atoms. The zero-order chi connectivity index (χ0) is 20.5. The molecule has 3 heterocycles. The molecule has 0 aliphatic heterocycles. The highest BCUT2D eigenvalue weighted by Gasteiger charge is 2.17. The molecule has 0 spiro atoms. The second-order valence-corrected chi connectivity index (χ2v) is 7.62. The van der Waals surface area contributed by atoms with Crippen LogP contribution in [0.2, 0.25) is 0 Å². The first-order valence-electron chi connectivity index (χ1n) is 9.37. The first kappa shape index (κ1) is 18.4. The minimum atomic E-state index is -0.106. The summed E-state index contributed by atoms with van der Waals surface area (Å²) in [5.74, 6) is 1.78. The molecule has 0 fully saturated rings. The van der Waals surface area contributed by atoms with Crippen LogP contribution in [0.1, 0.15) is 5.69 Å². The average molecular weight is 415 g/mol. The summed E-state index contributed by atoms with van der Waals surface area (Å²) in [5, 5.41) is 14.1. The third kappa shape index (κ3) is 3.11. The Hall–Kier alpha value is -3.65. The Morgan fingerprint density at radius 2 is 1.87 bits per heavy atom. The lowest BCUT2D eigenvalue weighted by Crippen LogP contribution is -2.22. The maximum absolute atomic E-state index is 12.9. The second-order valence-electron chi connectivity index (χ2n) is 6.68. The Morgan fingerprint density at radius 1 is 1.07 bits per heavy atom. The van der Waals surface area contributed by atoms with Crippen LogP contribution in [-0.2, 0) is 12.3 Å². The predicted molar refractivity (Wildman–Crippen MR) is 116 cm³/mol. The van der Waals surface area contributed by atoms with Crippen molar-refractivity contribution in [1.82, 2.24) is 24.3 Å². The molecule has 0 aliphatic carbocycles. The number of benzene rings is 2. The van der Waals surface area contributed by atoms with Gasteiger partial charge in [-0.1, -0.05) is 65.5 Å². The van der Waals surface area contributed by atoms with E-state index in [1.807, 2.05) is 65.1 Å². The van der Waals surface area contributed by atoms with E-state index in [1.165, 1.54) is 11.8 Å². The fraction of sp³-hybridized carbons (Fsp3) is 0.0909. The topological polar surface area (TPSA) is 78.2 Å². The van der Waals surface area contributed by atoms with Crippen molar-refractivity contribution in [2.75, 3.05) is 0 Å². The number of allylic oxidation sites excluding steroid dienone is 1. The SMILES string of the molecule is C=CCn1c(=O)c2ccccc2n2c(SCc3cc(-c4ccccc4)on3)nnc12. The number of nitrogens with zero attached hydrogens (tertiary/aromatic N) is 5. The summed E-state index contributed by atoms with van der Waals surface area (Å²) in [6, 6.07) is 19.2. The molecule has 7 nitrogen and oxygen atoms in total. The molecule has 0 radical (unpaired) electrons. The van der Waals surface area contributed by atoms with E-state index in [0.717, 1.165) is 22.5 Å². The molecule has 5 rings (SSSR count). The quantitative estimate of drug-likeness (QED) is 0.306. The summed E-state index contributed by atoms with van der Waals surface area (Å²) in [6.07, 6.45) is 1.68. The normalized spacial score (nSPS) is 11.3. The molecule has 30 heavy (non-hydrogen) atoms. The third-order valence-corrected chi connectivity index (χ3v) is 5.72. The van der Waals surface area contributed by atoms with Gasteiger partial charge in [-0.05, 0) is 12.1 Å². The smallest absolute Gasteiger partial charge is 0.263 e. The van der Waals surface area contributed by atoms with Gasteiger partial charge in [0.2, 0.25) is 5.78 Å². The van der Waals surface area contributed by atoms with E-state index >= 15 is 0 Å². The van der Waals surface area contributed by atoms with E-state index < -0.39 is 0 Å². The number of hydrogen-bond acceptors (Lipinski definition) is 6.